The van der Waals surface area contributed by atoms with Gasteiger partial charge < -0.3 is 15.1 Å². The zero-order valence-corrected chi connectivity index (χ0v) is 17.1. The summed E-state index contributed by atoms with van der Waals surface area (Å²) in [5.74, 6) is -0.664. The molecule has 0 radical (unpaired) electrons. The molecule has 3 aromatic rings. The Kier molecular flexibility index (Phi) is 6.10. The van der Waals surface area contributed by atoms with E-state index in [4.69, 9.17) is 61.5 Å². The van der Waals surface area contributed by atoms with Crippen molar-refractivity contribution in [1.82, 2.24) is 10.1 Å². The number of aryl methyl sites for hydroxylation is 1. The molecule has 0 atom stereocenters. The van der Waals surface area contributed by atoms with Crippen molar-refractivity contribution < 1.29 is 14.2 Å². The molecule has 0 fully saturated rings. The van der Waals surface area contributed by atoms with Crippen molar-refractivity contribution in [3.8, 4) is 11.3 Å². The van der Waals surface area contributed by atoms with E-state index in [1.165, 1.54) is 12.1 Å². The Morgan fingerprint density at radius 1 is 1.14 bits per heavy atom. The Balaban J connectivity index is 1.94. The maximum atomic E-state index is 12.2. The SMILES string of the molecule is Cc1onc(-c2c(Cl)cccc2Cl)c1/C(N)=N/OC(=O)c1cc(Cl)nc(Cl)c1. The van der Waals surface area contributed by atoms with Crippen LogP contribution >= 0.6 is 46.4 Å². The summed E-state index contributed by atoms with van der Waals surface area (Å²) >= 11 is 24.0. The van der Waals surface area contributed by atoms with E-state index in [1.807, 2.05) is 0 Å². The third kappa shape index (κ3) is 4.23. The van der Waals surface area contributed by atoms with Crippen LogP contribution < -0.4 is 5.73 Å². The lowest BCUT2D eigenvalue weighted by Gasteiger charge is -2.06. The molecule has 2 heterocycles. The molecular formula is C17H10Cl4N4O3. The molecule has 144 valence electrons. The number of hydrogen-bond acceptors (Lipinski definition) is 6. The molecule has 0 saturated heterocycles. The number of rotatable bonds is 4. The van der Waals surface area contributed by atoms with Crippen LogP contribution in [0, 0.1) is 6.92 Å². The van der Waals surface area contributed by atoms with Crippen LogP contribution in [-0.4, -0.2) is 21.9 Å². The van der Waals surface area contributed by atoms with Gasteiger partial charge in [-0.1, -0.05) is 62.8 Å². The Labute approximate surface area is 179 Å². The number of oxime groups is 1. The molecule has 2 N–H and O–H groups in total. The second-order valence-corrected chi connectivity index (χ2v) is 7.00. The molecule has 3 rings (SSSR count). The highest BCUT2D eigenvalue weighted by Crippen LogP contribution is 2.36. The van der Waals surface area contributed by atoms with Gasteiger partial charge >= 0.3 is 5.97 Å². The van der Waals surface area contributed by atoms with Crippen LogP contribution in [0.25, 0.3) is 11.3 Å². The minimum absolute atomic E-state index is 0.0296. The predicted octanol–water partition coefficient (Wildman–Crippen LogP) is 5.14. The van der Waals surface area contributed by atoms with Gasteiger partial charge in [0.25, 0.3) is 0 Å². The van der Waals surface area contributed by atoms with E-state index in [1.54, 1.807) is 25.1 Å². The molecule has 11 heteroatoms. The fraction of sp³-hybridized carbons (Fsp3) is 0.0588. The Morgan fingerprint density at radius 3 is 2.36 bits per heavy atom. The molecule has 0 amide bonds. The number of halogens is 4. The maximum absolute atomic E-state index is 12.2. The van der Waals surface area contributed by atoms with E-state index in [9.17, 15) is 4.79 Å². The smallest absolute Gasteiger partial charge is 0.366 e. The van der Waals surface area contributed by atoms with Gasteiger partial charge in [-0.25, -0.2) is 9.78 Å². The molecule has 7 nitrogen and oxygen atoms in total. The molecular weight excluding hydrogens is 450 g/mol. The van der Waals surface area contributed by atoms with Gasteiger partial charge in [0, 0.05) is 5.56 Å². The first kappa shape index (κ1) is 20.4. The molecule has 28 heavy (non-hydrogen) atoms. The number of hydrogen-bond donors (Lipinski definition) is 1. The van der Waals surface area contributed by atoms with Crippen molar-refractivity contribution in [1.29, 1.82) is 0 Å². The Hall–Kier alpha value is -2.32. The normalized spacial score (nSPS) is 11.5. The number of benzene rings is 1. The lowest BCUT2D eigenvalue weighted by atomic mass is 10.1. The predicted molar refractivity (Wildman–Crippen MR) is 107 cm³/mol. The zero-order valence-electron chi connectivity index (χ0n) is 14.0. The summed E-state index contributed by atoms with van der Waals surface area (Å²) in [5.41, 5.74) is 7.00. The summed E-state index contributed by atoms with van der Waals surface area (Å²) in [6.45, 7) is 1.61. The van der Waals surface area contributed by atoms with Crippen molar-refractivity contribution in [2.45, 2.75) is 6.92 Å². The van der Waals surface area contributed by atoms with Crippen molar-refractivity contribution >= 4 is 58.2 Å². The van der Waals surface area contributed by atoms with Crippen molar-refractivity contribution in [3.63, 3.8) is 0 Å². The van der Waals surface area contributed by atoms with Gasteiger partial charge in [0.2, 0.25) is 0 Å². The molecule has 0 bridgehead atoms. The second-order valence-electron chi connectivity index (χ2n) is 5.42. The van der Waals surface area contributed by atoms with Crippen LogP contribution in [0.1, 0.15) is 21.7 Å². The largest absolute Gasteiger partial charge is 0.380 e. The van der Waals surface area contributed by atoms with Crippen LogP contribution in [0.4, 0.5) is 0 Å². The van der Waals surface area contributed by atoms with Gasteiger partial charge in [-0.15, -0.1) is 0 Å². The summed E-state index contributed by atoms with van der Waals surface area (Å²) in [6, 6.07) is 7.52. The van der Waals surface area contributed by atoms with Gasteiger partial charge in [0.1, 0.15) is 21.8 Å². The molecule has 1 aromatic carbocycles. The van der Waals surface area contributed by atoms with Gasteiger partial charge in [-0.2, -0.15) is 0 Å². The Bertz CT molecular complexity index is 1060. The van der Waals surface area contributed by atoms with Crippen LogP contribution in [0.2, 0.25) is 20.4 Å². The van der Waals surface area contributed by atoms with Crippen LogP contribution in [0.5, 0.6) is 0 Å². The molecule has 0 saturated carbocycles. The number of amidine groups is 1. The molecule has 0 unspecified atom stereocenters. The monoisotopic (exact) mass is 458 g/mol. The number of aromatic nitrogens is 2. The highest BCUT2D eigenvalue weighted by molar-refractivity contribution is 6.39. The summed E-state index contributed by atoms with van der Waals surface area (Å²) in [6.07, 6.45) is 0. The van der Waals surface area contributed by atoms with Crippen LogP contribution in [0.15, 0.2) is 40.0 Å². The van der Waals surface area contributed by atoms with Crippen molar-refractivity contribution in [2.75, 3.05) is 0 Å². The lowest BCUT2D eigenvalue weighted by molar-refractivity contribution is 0.0516. The maximum Gasteiger partial charge on any atom is 0.366 e. The van der Waals surface area contributed by atoms with Crippen molar-refractivity contribution in [3.05, 3.63) is 67.6 Å². The van der Waals surface area contributed by atoms with Gasteiger partial charge in [0.15, 0.2) is 5.84 Å². The summed E-state index contributed by atoms with van der Waals surface area (Å²) in [5, 5.41) is 8.35. The third-order valence-electron chi connectivity index (χ3n) is 3.54. The van der Waals surface area contributed by atoms with E-state index in [0.29, 0.717) is 21.4 Å². The zero-order chi connectivity index (χ0) is 20.4. The van der Waals surface area contributed by atoms with E-state index in [0.717, 1.165) is 0 Å². The molecule has 0 aliphatic carbocycles. The average molecular weight is 460 g/mol. The first-order valence-electron chi connectivity index (χ1n) is 7.57. The minimum Gasteiger partial charge on any atom is -0.380 e. The quantitative estimate of drug-likeness (QED) is 0.190. The second kappa shape index (κ2) is 8.36. The molecule has 2 aromatic heterocycles. The number of pyridine rings is 1. The van der Waals surface area contributed by atoms with Crippen LogP contribution in [0.3, 0.4) is 0 Å². The van der Waals surface area contributed by atoms with Gasteiger partial charge in [0.05, 0.1) is 21.2 Å². The van der Waals surface area contributed by atoms with E-state index in [-0.39, 0.29) is 33.0 Å². The van der Waals surface area contributed by atoms with E-state index in [2.05, 4.69) is 15.3 Å². The topological polar surface area (TPSA) is 104 Å². The molecule has 0 aliphatic heterocycles. The first-order valence-corrected chi connectivity index (χ1v) is 9.08. The van der Waals surface area contributed by atoms with Gasteiger partial charge in [-0.3, -0.25) is 0 Å². The number of nitrogens with zero attached hydrogens (tertiary/aromatic N) is 3. The van der Waals surface area contributed by atoms with E-state index >= 15 is 0 Å². The number of carbonyl (C=O) groups excluding carboxylic acids is 1. The first-order chi connectivity index (χ1) is 13.3. The average Bonchev–Trinajstić information content (AvgIpc) is 2.99. The number of carbonyl (C=O) groups is 1. The number of nitrogens with two attached hydrogens (primary N) is 1. The fourth-order valence-electron chi connectivity index (χ4n) is 2.34. The summed E-state index contributed by atoms with van der Waals surface area (Å²) in [7, 11) is 0. The minimum atomic E-state index is -0.833. The van der Waals surface area contributed by atoms with Crippen LogP contribution in [-0.2, 0) is 4.84 Å². The third-order valence-corrected chi connectivity index (χ3v) is 4.56. The van der Waals surface area contributed by atoms with E-state index < -0.39 is 5.97 Å². The Morgan fingerprint density at radius 2 is 1.75 bits per heavy atom. The molecule has 0 spiro atoms. The molecule has 0 aliphatic rings. The highest BCUT2D eigenvalue weighted by Gasteiger charge is 2.23. The lowest BCUT2D eigenvalue weighted by Crippen LogP contribution is -2.17. The standard InChI is InChI=1S/C17H10Cl4N4O3/c1-7-13(15(24-27-7)14-9(18)3-2-4-10(14)19)16(22)25-28-17(26)8-5-11(20)23-12(21)6-8/h2-6H,1H3,(H2,22,25). The summed E-state index contributed by atoms with van der Waals surface area (Å²) < 4.78 is 5.19. The highest BCUT2D eigenvalue weighted by atomic mass is 35.5. The summed E-state index contributed by atoms with van der Waals surface area (Å²) in [4.78, 5) is 20.8. The van der Waals surface area contributed by atoms with Crippen molar-refractivity contribution in [2.24, 2.45) is 10.9 Å². The van der Waals surface area contributed by atoms with Gasteiger partial charge in [-0.05, 0) is 31.2 Å². The fourth-order valence-corrected chi connectivity index (χ4v) is 3.38.